The van der Waals surface area contributed by atoms with Gasteiger partial charge in [-0.1, -0.05) is 72.9 Å². The zero-order valence-electron chi connectivity index (χ0n) is 13.5. The highest BCUT2D eigenvalue weighted by molar-refractivity contribution is 6.81. The van der Waals surface area contributed by atoms with Gasteiger partial charge < -0.3 is 0 Å². The first-order valence-electron chi connectivity index (χ1n) is 7.61. The second-order valence-corrected chi connectivity index (χ2v) is 10.9. The Labute approximate surface area is 138 Å². The molecule has 0 saturated heterocycles. The van der Waals surface area contributed by atoms with Crippen LogP contribution in [0.4, 0.5) is 5.69 Å². The third-order valence-corrected chi connectivity index (χ3v) is 5.97. The van der Waals surface area contributed by atoms with Crippen molar-refractivity contribution in [2.24, 2.45) is 0 Å². The summed E-state index contributed by atoms with van der Waals surface area (Å²) < 4.78 is 0. The molecule has 2 aromatic rings. The molecule has 3 nitrogen and oxygen atoms in total. The molecule has 0 N–H and O–H groups in total. The Morgan fingerprint density at radius 3 is 2.26 bits per heavy atom. The monoisotopic (exact) mass is 323 g/mol. The maximum Gasteiger partial charge on any atom is 0.269 e. The van der Waals surface area contributed by atoms with Gasteiger partial charge in [-0.3, -0.25) is 10.1 Å². The molecule has 0 aliphatic carbocycles. The fourth-order valence-corrected chi connectivity index (χ4v) is 4.41. The Morgan fingerprint density at radius 2 is 1.65 bits per heavy atom. The summed E-state index contributed by atoms with van der Waals surface area (Å²) in [7, 11) is -1.43. The molecule has 2 rings (SSSR count). The van der Waals surface area contributed by atoms with Gasteiger partial charge in [-0.2, -0.15) is 0 Å². The average Bonchev–Trinajstić information content (AvgIpc) is 2.52. The predicted octanol–water partition coefficient (Wildman–Crippen LogP) is 5.19. The molecule has 4 heteroatoms. The molecule has 0 fully saturated rings. The first-order valence-corrected chi connectivity index (χ1v) is 10.9. The zero-order chi connectivity index (χ0) is 16.7. The minimum Gasteiger partial charge on any atom is -0.258 e. The number of allylic oxidation sites excluding steroid dienone is 2. The van der Waals surface area contributed by atoms with E-state index in [9.17, 15) is 10.1 Å². The van der Waals surface area contributed by atoms with Crippen molar-refractivity contribution in [1.82, 2.24) is 0 Å². The first kappa shape index (κ1) is 16.9. The molecule has 0 heterocycles. The highest BCUT2D eigenvalue weighted by Gasteiger charge is 2.16. The van der Waals surface area contributed by atoms with Gasteiger partial charge in [0, 0.05) is 12.1 Å². The standard InChI is InChI=1S/C19H21NO2Si/c1-23(2,16-18-9-4-3-5-10-18)15-7-6-8-17-11-13-19(14-12-17)20(21)22/h3-15H,16H2,1-2H3/b8-6+,15-7+. The van der Waals surface area contributed by atoms with E-state index in [1.165, 1.54) is 17.7 Å². The van der Waals surface area contributed by atoms with Gasteiger partial charge in [0.25, 0.3) is 5.69 Å². The van der Waals surface area contributed by atoms with Crippen molar-refractivity contribution in [3.63, 3.8) is 0 Å². The fourth-order valence-electron chi connectivity index (χ4n) is 2.37. The number of hydrogen-bond acceptors (Lipinski definition) is 2. The van der Waals surface area contributed by atoms with Crippen LogP contribution >= 0.6 is 0 Å². The smallest absolute Gasteiger partial charge is 0.258 e. The Balaban J connectivity index is 1.95. The molecule has 0 unspecified atom stereocenters. The van der Waals surface area contributed by atoms with E-state index in [0.717, 1.165) is 11.6 Å². The molecular formula is C19H21NO2Si. The molecule has 0 bridgehead atoms. The summed E-state index contributed by atoms with van der Waals surface area (Å²) >= 11 is 0. The van der Waals surface area contributed by atoms with Crippen molar-refractivity contribution >= 4 is 19.8 Å². The second kappa shape index (κ2) is 7.69. The van der Waals surface area contributed by atoms with Crippen molar-refractivity contribution in [1.29, 1.82) is 0 Å². The Bertz CT molecular complexity index is 704. The summed E-state index contributed by atoms with van der Waals surface area (Å²) in [6.45, 7) is 4.69. The summed E-state index contributed by atoms with van der Waals surface area (Å²) in [6, 6.07) is 18.2. The predicted molar refractivity (Wildman–Crippen MR) is 98.9 cm³/mol. The van der Waals surface area contributed by atoms with Crippen LogP contribution in [0.5, 0.6) is 0 Å². The number of hydrogen-bond donors (Lipinski definition) is 0. The molecule has 118 valence electrons. The van der Waals surface area contributed by atoms with Crippen LogP contribution in [0.2, 0.25) is 13.1 Å². The molecule has 23 heavy (non-hydrogen) atoms. The highest BCUT2D eigenvalue weighted by atomic mass is 28.3. The van der Waals surface area contributed by atoms with Gasteiger partial charge >= 0.3 is 0 Å². The van der Waals surface area contributed by atoms with Crippen molar-refractivity contribution in [2.45, 2.75) is 19.1 Å². The van der Waals surface area contributed by atoms with Gasteiger partial charge in [0.05, 0.1) is 13.0 Å². The fraction of sp³-hybridized carbons (Fsp3) is 0.158. The van der Waals surface area contributed by atoms with Gasteiger partial charge in [0.15, 0.2) is 0 Å². The second-order valence-electron chi connectivity index (χ2n) is 6.22. The van der Waals surface area contributed by atoms with Crippen LogP contribution in [0.3, 0.4) is 0 Å². The van der Waals surface area contributed by atoms with Crippen LogP contribution in [0.25, 0.3) is 6.08 Å². The number of nitrogens with zero attached hydrogens (tertiary/aromatic N) is 1. The van der Waals surface area contributed by atoms with Crippen LogP contribution in [-0.4, -0.2) is 13.0 Å². The van der Waals surface area contributed by atoms with Crippen LogP contribution in [0, 0.1) is 10.1 Å². The lowest BCUT2D eigenvalue weighted by molar-refractivity contribution is -0.384. The number of nitro groups is 1. The van der Waals surface area contributed by atoms with Crippen molar-refractivity contribution in [3.05, 3.63) is 93.7 Å². The van der Waals surface area contributed by atoms with E-state index in [0.29, 0.717) is 0 Å². The third kappa shape index (κ3) is 5.68. The molecule has 0 atom stereocenters. The van der Waals surface area contributed by atoms with E-state index < -0.39 is 8.07 Å². The van der Waals surface area contributed by atoms with Crippen LogP contribution < -0.4 is 0 Å². The van der Waals surface area contributed by atoms with E-state index >= 15 is 0 Å². The van der Waals surface area contributed by atoms with Crippen molar-refractivity contribution < 1.29 is 4.92 Å². The lowest BCUT2D eigenvalue weighted by atomic mass is 10.2. The molecule has 0 aliphatic rings. The van der Waals surface area contributed by atoms with E-state index in [2.05, 4.69) is 49.1 Å². The summed E-state index contributed by atoms with van der Waals surface area (Å²) in [5.74, 6) is 0. The third-order valence-electron chi connectivity index (χ3n) is 3.55. The number of rotatable bonds is 6. The lowest BCUT2D eigenvalue weighted by Crippen LogP contribution is -2.26. The SMILES string of the molecule is C[Si](C)(/C=C/C=C/c1ccc([N+](=O)[O-])cc1)Cc1ccccc1. The Morgan fingerprint density at radius 1 is 1.00 bits per heavy atom. The molecule has 0 radical (unpaired) electrons. The van der Waals surface area contributed by atoms with Crippen molar-refractivity contribution in [2.75, 3.05) is 0 Å². The van der Waals surface area contributed by atoms with E-state index in [1.54, 1.807) is 12.1 Å². The summed E-state index contributed by atoms with van der Waals surface area (Å²) in [5, 5.41) is 10.6. The minimum atomic E-state index is -1.43. The molecule has 0 aliphatic heterocycles. The zero-order valence-corrected chi connectivity index (χ0v) is 14.5. The average molecular weight is 323 g/mol. The molecule has 0 amide bonds. The highest BCUT2D eigenvalue weighted by Crippen LogP contribution is 2.15. The summed E-state index contributed by atoms with van der Waals surface area (Å²) in [6.07, 6.45) is 6.06. The number of non-ortho nitro benzene ring substituents is 1. The summed E-state index contributed by atoms with van der Waals surface area (Å²) in [5.41, 5.74) is 4.78. The van der Waals surface area contributed by atoms with Crippen LogP contribution in [-0.2, 0) is 6.04 Å². The topological polar surface area (TPSA) is 43.1 Å². The van der Waals surface area contributed by atoms with Gasteiger partial charge in [0.2, 0.25) is 0 Å². The van der Waals surface area contributed by atoms with Gasteiger partial charge in [-0.15, -0.1) is 0 Å². The molecule has 0 saturated carbocycles. The number of benzene rings is 2. The van der Waals surface area contributed by atoms with E-state index in [-0.39, 0.29) is 10.6 Å². The normalized spacial score (nSPS) is 12.1. The van der Waals surface area contributed by atoms with Crippen LogP contribution in [0.1, 0.15) is 11.1 Å². The van der Waals surface area contributed by atoms with E-state index in [1.807, 2.05) is 18.2 Å². The van der Waals surface area contributed by atoms with Gasteiger partial charge in [-0.05, 0) is 23.7 Å². The number of nitro benzene ring substituents is 1. The molecule has 2 aromatic carbocycles. The van der Waals surface area contributed by atoms with Gasteiger partial charge in [0.1, 0.15) is 0 Å². The first-order chi connectivity index (χ1) is 11.0. The Kier molecular flexibility index (Phi) is 5.65. The van der Waals surface area contributed by atoms with E-state index in [4.69, 9.17) is 0 Å². The van der Waals surface area contributed by atoms with Crippen LogP contribution in [0.15, 0.2) is 72.4 Å². The maximum atomic E-state index is 10.6. The Hall–Kier alpha value is -2.46. The van der Waals surface area contributed by atoms with Crippen molar-refractivity contribution in [3.8, 4) is 0 Å². The largest absolute Gasteiger partial charge is 0.269 e. The molecular weight excluding hydrogens is 302 g/mol. The molecule has 0 spiro atoms. The minimum absolute atomic E-state index is 0.120. The quantitative estimate of drug-likeness (QED) is 0.317. The maximum absolute atomic E-state index is 10.6. The molecule has 0 aromatic heterocycles. The summed E-state index contributed by atoms with van der Waals surface area (Å²) in [4.78, 5) is 10.2. The van der Waals surface area contributed by atoms with Gasteiger partial charge in [-0.25, -0.2) is 0 Å². The lowest BCUT2D eigenvalue weighted by Gasteiger charge is -2.17.